The predicted octanol–water partition coefficient (Wildman–Crippen LogP) is 6.78. The SMILES string of the molecule is CC(C)CN(CCCC(O)(c1ccccc1)N(Cc1ccccc1)Cc1ccccc1)C(=O)NC(C)(C)C. The first-order chi connectivity index (χ1) is 18.1. The minimum absolute atomic E-state index is 0.0557. The molecular weight excluding hydrogens is 470 g/mol. The van der Waals surface area contributed by atoms with Crippen LogP contribution in [0.1, 0.15) is 64.2 Å². The van der Waals surface area contributed by atoms with Crippen LogP contribution in [0.25, 0.3) is 0 Å². The van der Waals surface area contributed by atoms with E-state index in [9.17, 15) is 9.90 Å². The van der Waals surface area contributed by atoms with Crippen molar-refractivity contribution < 1.29 is 9.90 Å². The molecule has 0 fully saturated rings. The topological polar surface area (TPSA) is 55.8 Å². The molecule has 0 aliphatic carbocycles. The summed E-state index contributed by atoms with van der Waals surface area (Å²) in [7, 11) is 0. The summed E-state index contributed by atoms with van der Waals surface area (Å²) in [6.45, 7) is 12.7. The molecule has 3 aromatic carbocycles. The van der Waals surface area contributed by atoms with E-state index in [4.69, 9.17) is 0 Å². The van der Waals surface area contributed by atoms with Crippen molar-refractivity contribution in [3.8, 4) is 0 Å². The molecular formula is C33H45N3O2. The van der Waals surface area contributed by atoms with E-state index in [1.807, 2.05) is 92.4 Å². The fourth-order valence-electron chi connectivity index (χ4n) is 4.75. The quantitative estimate of drug-likeness (QED) is 0.261. The molecule has 0 saturated carbocycles. The third-order valence-corrected chi connectivity index (χ3v) is 6.50. The van der Waals surface area contributed by atoms with E-state index in [1.54, 1.807) is 0 Å². The summed E-state index contributed by atoms with van der Waals surface area (Å²) in [4.78, 5) is 17.1. The predicted molar refractivity (Wildman–Crippen MR) is 156 cm³/mol. The van der Waals surface area contributed by atoms with Gasteiger partial charge in [0.1, 0.15) is 5.72 Å². The lowest BCUT2D eigenvalue weighted by molar-refractivity contribution is -0.134. The van der Waals surface area contributed by atoms with Gasteiger partial charge >= 0.3 is 6.03 Å². The molecule has 3 aromatic rings. The van der Waals surface area contributed by atoms with Crippen molar-refractivity contribution in [2.45, 2.75) is 71.8 Å². The normalized spacial score (nSPS) is 13.4. The van der Waals surface area contributed by atoms with Crippen molar-refractivity contribution in [1.82, 2.24) is 15.1 Å². The van der Waals surface area contributed by atoms with Gasteiger partial charge in [-0.2, -0.15) is 0 Å². The number of rotatable bonds is 12. The van der Waals surface area contributed by atoms with E-state index in [1.165, 1.54) is 0 Å². The number of nitrogens with zero attached hydrogens (tertiary/aromatic N) is 2. The number of aliphatic hydroxyl groups is 1. The Bertz CT molecular complexity index is 1060. The van der Waals surface area contributed by atoms with Crippen LogP contribution in [-0.2, 0) is 18.8 Å². The average Bonchev–Trinajstić information content (AvgIpc) is 2.88. The Hall–Kier alpha value is -3.15. The second-order valence-corrected chi connectivity index (χ2v) is 11.6. The molecule has 5 heteroatoms. The van der Waals surface area contributed by atoms with Crippen LogP contribution in [0.5, 0.6) is 0 Å². The minimum Gasteiger partial charge on any atom is -0.371 e. The summed E-state index contributed by atoms with van der Waals surface area (Å²) < 4.78 is 0. The van der Waals surface area contributed by atoms with E-state index in [-0.39, 0.29) is 11.6 Å². The van der Waals surface area contributed by atoms with Gasteiger partial charge in [-0.05, 0) is 56.2 Å². The zero-order valence-corrected chi connectivity index (χ0v) is 23.7. The van der Waals surface area contributed by atoms with Crippen LogP contribution in [0, 0.1) is 5.92 Å². The molecule has 0 saturated heterocycles. The van der Waals surface area contributed by atoms with Crippen molar-refractivity contribution in [3.63, 3.8) is 0 Å². The third kappa shape index (κ3) is 9.00. The van der Waals surface area contributed by atoms with Gasteiger partial charge in [0.15, 0.2) is 0 Å². The van der Waals surface area contributed by atoms with Gasteiger partial charge in [0.2, 0.25) is 0 Å². The van der Waals surface area contributed by atoms with Crippen LogP contribution in [0.3, 0.4) is 0 Å². The Labute approximate surface area is 229 Å². The van der Waals surface area contributed by atoms with Gasteiger partial charge in [0, 0.05) is 31.7 Å². The van der Waals surface area contributed by atoms with Gasteiger partial charge in [-0.25, -0.2) is 4.79 Å². The second kappa shape index (κ2) is 13.6. The molecule has 0 aliphatic rings. The summed E-state index contributed by atoms with van der Waals surface area (Å²) in [6, 6.07) is 30.5. The van der Waals surface area contributed by atoms with Crippen LogP contribution in [0.4, 0.5) is 4.79 Å². The van der Waals surface area contributed by atoms with E-state index in [2.05, 4.69) is 48.3 Å². The van der Waals surface area contributed by atoms with Crippen molar-refractivity contribution in [3.05, 3.63) is 108 Å². The van der Waals surface area contributed by atoms with Gasteiger partial charge in [0.25, 0.3) is 0 Å². The van der Waals surface area contributed by atoms with Crippen molar-refractivity contribution in [2.24, 2.45) is 5.92 Å². The first kappa shape index (κ1) is 29.4. The summed E-state index contributed by atoms with van der Waals surface area (Å²) in [5, 5.41) is 15.6. The Kier molecular flexibility index (Phi) is 10.5. The minimum atomic E-state index is -1.21. The molecule has 5 nitrogen and oxygen atoms in total. The van der Waals surface area contributed by atoms with E-state index in [0.717, 1.165) is 16.7 Å². The zero-order valence-electron chi connectivity index (χ0n) is 23.7. The summed E-state index contributed by atoms with van der Waals surface area (Å²) in [6.07, 6.45) is 1.16. The molecule has 0 bridgehead atoms. The molecule has 3 rings (SSSR count). The molecule has 1 unspecified atom stereocenters. The van der Waals surface area contributed by atoms with E-state index >= 15 is 0 Å². The van der Waals surface area contributed by atoms with Gasteiger partial charge < -0.3 is 15.3 Å². The highest BCUT2D eigenvalue weighted by molar-refractivity contribution is 5.74. The zero-order chi connectivity index (χ0) is 27.6. The molecule has 0 aromatic heterocycles. The molecule has 0 radical (unpaired) electrons. The highest BCUT2D eigenvalue weighted by Crippen LogP contribution is 2.34. The number of urea groups is 1. The van der Waals surface area contributed by atoms with Gasteiger partial charge in [0.05, 0.1) is 0 Å². The number of benzene rings is 3. The molecule has 0 spiro atoms. The fraction of sp³-hybridized carbons (Fsp3) is 0.424. The number of hydrogen-bond donors (Lipinski definition) is 2. The van der Waals surface area contributed by atoms with Crippen LogP contribution >= 0.6 is 0 Å². The summed E-state index contributed by atoms with van der Waals surface area (Å²) >= 11 is 0. The van der Waals surface area contributed by atoms with Crippen LogP contribution in [0.2, 0.25) is 0 Å². The van der Waals surface area contributed by atoms with Crippen LogP contribution in [0.15, 0.2) is 91.0 Å². The molecule has 0 heterocycles. The average molecular weight is 516 g/mol. The molecule has 204 valence electrons. The van der Waals surface area contributed by atoms with Gasteiger partial charge in [-0.15, -0.1) is 0 Å². The molecule has 0 aliphatic heterocycles. The molecule has 38 heavy (non-hydrogen) atoms. The maximum atomic E-state index is 13.1. The number of nitrogens with one attached hydrogen (secondary N) is 1. The smallest absolute Gasteiger partial charge is 0.317 e. The number of carbonyl (C=O) groups is 1. The Morgan fingerprint density at radius 2 is 1.29 bits per heavy atom. The standard InChI is InChI=1S/C33H45N3O2/c1-27(2)24-35(31(37)34-32(3,4)5)23-15-22-33(38,30-20-13-8-14-21-30)36(25-28-16-9-6-10-17-28)26-29-18-11-7-12-19-29/h6-14,16-21,27,38H,15,22-26H2,1-5H3,(H,34,37). The van der Waals surface area contributed by atoms with E-state index < -0.39 is 5.72 Å². The number of carbonyl (C=O) groups excluding carboxylic acids is 1. The maximum absolute atomic E-state index is 13.1. The Balaban J connectivity index is 1.89. The third-order valence-electron chi connectivity index (χ3n) is 6.50. The van der Waals surface area contributed by atoms with Gasteiger partial charge in [-0.1, -0.05) is 105 Å². The first-order valence-corrected chi connectivity index (χ1v) is 13.7. The second-order valence-electron chi connectivity index (χ2n) is 11.6. The van der Waals surface area contributed by atoms with Crippen LogP contribution < -0.4 is 5.32 Å². The Morgan fingerprint density at radius 3 is 1.74 bits per heavy atom. The molecule has 2 amide bonds. The summed E-state index contributed by atoms with van der Waals surface area (Å²) in [5.41, 5.74) is 1.63. The molecule has 2 N–H and O–H groups in total. The summed E-state index contributed by atoms with van der Waals surface area (Å²) in [5.74, 6) is 0.349. The first-order valence-electron chi connectivity index (χ1n) is 13.7. The fourth-order valence-corrected chi connectivity index (χ4v) is 4.75. The lowest BCUT2D eigenvalue weighted by Crippen LogP contribution is -2.50. The highest BCUT2D eigenvalue weighted by Gasteiger charge is 2.36. The van der Waals surface area contributed by atoms with Crippen molar-refractivity contribution >= 4 is 6.03 Å². The lowest BCUT2D eigenvalue weighted by atomic mass is 9.94. The van der Waals surface area contributed by atoms with Gasteiger partial charge in [-0.3, -0.25) is 4.90 Å². The van der Waals surface area contributed by atoms with Crippen LogP contribution in [-0.4, -0.2) is 39.6 Å². The Morgan fingerprint density at radius 1 is 0.816 bits per heavy atom. The van der Waals surface area contributed by atoms with E-state index in [0.29, 0.717) is 44.9 Å². The van der Waals surface area contributed by atoms with Crippen molar-refractivity contribution in [1.29, 1.82) is 0 Å². The van der Waals surface area contributed by atoms with Crippen molar-refractivity contribution in [2.75, 3.05) is 13.1 Å². The largest absolute Gasteiger partial charge is 0.371 e. The number of hydrogen-bond acceptors (Lipinski definition) is 3. The highest BCUT2D eigenvalue weighted by atomic mass is 16.3. The monoisotopic (exact) mass is 515 g/mol. The number of amides is 2. The molecule has 1 atom stereocenters. The maximum Gasteiger partial charge on any atom is 0.317 e. The lowest BCUT2D eigenvalue weighted by Gasteiger charge is -2.41.